The summed E-state index contributed by atoms with van der Waals surface area (Å²) >= 11 is 1.62. The van der Waals surface area contributed by atoms with Crippen molar-refractivity contribution in [2.75, 3.05) is 12.4 Å². The predicted molar refractivity (Wildman–Crippen MR) is 89.5 cm³/mol. The fraction of sp³-hybridized carbons (Fsp3) is 0.176. The van der Waals surface area contributed by atoms with Gasteiger partial charge in [0.2, 0.25) is 0 Å². The van der Waals surface area contributed by atoms with Gasteiger partial charge in [-0.05, 0) is 42.8 Å². The van der Waals surface area contributed by atoms with Crippen LogP contribution in [-0.2, 0) is 11.3 Å². The number of nitrogens with zero attached hydrogens (tertiary/aromatic N) is 1. The van der Waals surface area contributed by atoms with Gasteiger partial charge in [-0.2, -0.15) is 0 Å². The van der Waals surface area contributed by atoms with Crippen molar-refractivity contribution in [3.8, 4) is 0 Å². The molecule has 4 nitrogen and oxygen atoms in total. The van der Waals surface area contributed by atoms with Crippen molar-refractivity contribution in [2.24, 2.45) is 0 Å². The minimum absolute atomic E-state index is 0.126. The molecule has 1 N–H and O–H groups in total. The average Bonchev–Trinajstić information content (AvgIpc) is 2.87. The molecule has 0 saturated heterocycles. The molecule has 0 spiro atoms. The van der Waals surface area contributed by atoms with Crippen molar-refractivity contribution >= 4 is 33.1 Å². The Morgan fingerprint density at radius 3 is 2.95 bits per heavy atom. The number of ether oxygens (including phenoxy) is 1. The second-order valence-electron chi connectivity index (χ2n) is 5.00. The third-order valence-corrected chi connectivity index (χ3v) is 4.19. The molecule has 3 rings (SSSR count). The third kappa shape index (κ3) is 3.16. The maximum atomic E-state index is 12.3. The summed E-state index contributed by atoms with van der Waals surface area (Å²) in [6.07, 6.45) is 0. The van der Waals surface area contributed by atoms with E-state index in [1.165, 1.54) is 0 Å². The molecule has 0 unspecified atom stereocenters. The van der Waals surface area contributed by atoms with Crippen molar-refractivity contribution in [1.82, 2.24) is 4.98 Å². The third-order valence-electron chi connectivity index (χ3n) is 3.25. The highest BCUT2D eigenvalue weighted by molar-refractivity contribution is 7.18. The van der Waals surface area contributed by atoms with Crippen LogP contribution in [0.15, 0.2) is 42.5 Å². The van der Waals surface area contributed by atoms with Gasteiger partial charge in [0, 0.05) is 18.4 Å². The summed E-state index contributed by atoms with van der Waals surface area (Å²) < 4.78 is 6.17. The van der Waals surface area contributed by atoms with E-state index in [-0.39, 0.29) is 5.91 Å². The van der Waals surface area contributed by atoms with Gasteiger partial charge < -0.3 is 10.1 Å². The molecule has 1 amide bonds. The zero-order valence-corrected chi connectivity index (χ0v) is 13.2. The molecule has 3 aromatic rings. The first kappa shape index (κ1) is 14.7. The monoisotopic (exact) mass is 312 g/mol. The molecule has 0 aliphatic rings. The molecule has 0 fully saturated rings. The Morgan fingerprint density at radius 2 is 2.14 bits per heavy atom. The number of methoxy groups -OCH3 is 1. The van der Waals surface area contributed by atoms with E-state index in [1.807, 2.05) is 43.3 Å². The normalized spacial score (nSPS) is 10.8. The van der Waals surface area contributed by atoms with Crippen molar-refractivity contribution in [1.29, 1.82) is 0 Å². The molecule has 2 aromatic carbocycles. The summed E-state index contributed by atoms with van der Waals surface area (Å²) in [6.45, 7) is 2.47. The Labute approximate surface area is 132 Å². The fourth-order valence-corrected chi connectivity index (χ4v) is 3.16. The zero-order valence-electron chi connectivity index (χ0n) is 12.4. The number of rotatable bonds is 4. The molecule has 112 valence electrons. The van der Waals surface area contributed by atoms with Gasteiger partial charge in [0.1, 0.15) is 0 Å². The van der Waals surface area contributed by atoms with Crippen LogP contribution in [0.3, 0.4) is 0 Å². The number of benzene rings is 2. The second-order valence-corrected chi connectivity index (χ2v) is 6.24. The number of nitrogens with one attached hydrogen (secondary N) is 1. The summed E-state index contributed by atoms with van der Waals surface area (Å²) in [5, 5.41) is 3.95. The average molecular weight is 312 g/mol. The lowest BCUT2D eigenvalue weighted by molar-refractivity contribution is 0.102. The maximum Gasteiger partial charge on any atom is 0.255 e. The highest BCUT2D eigenvalue weighted by Gasteiger charge is 2.08. The first-order chi connectivity index (χ1) is 10.7. The molecule has 5 heteroatoms. The van der Waals surface area contributed by atoms with Gasteiger partial charge in [-0.15, -0.1) is 11.3 Å². The van der Waals surface area contributed by atoms with E-state index in [9.17, 15) is 4.79 Å². The van der Waals surface area contributed by atoms with E-state index in [2.05, 4.69) is 10.3 Å². The van der Waals surface area contributed by atoms with Crippen molar-refractivity contribution in [3.63, 3.8) is 0 Å². The number of anilines is 1. The van der Waals surface area contributed by atoms with Gasteiger partial charge in [-0.25, -0.2) is 4.98 Å². The van der Waals surface area contributed by atoms with Crippen molar-refractivity contribution < 1.29 is 9.53 Å². The standard InChI is InChI=1S/C17H16N2O2S/c1-11-18-15-7-6-14(9-16(15)22-11)19-17(20)13-5-3-4-12(8-13)10-21-2/h3-9H,10H2,1-2H3,(H,19,20). The number of carbonyl (C=O) groups is 1. The van der Waals surface area contributed by atoms with Gasteiger partial charge in [-0.1, -0.05) is 12.1 Å². The number of hydrogen-bond donors (Lipinski definition) is 1. The van der Waals surface area contributed by atoms with Crippen LogP contribution in [0.5, 0.6) is 0 Å². The lowest BCUT2D eigenvalue weighted by atomic mass is 10.1. The second kappa shape index (κ2) is 6.25. The summed E-state index contributed by atoms with van der Waals surface area (Å²) in [6, 6.07) is 13.2. The summed E-state index contributed by atoms with van der Waals surface area (Å²) in [5.74, 6) is -0.126. The molecule has 1 heterocycles. The SMILES string of the molecule is COCc1cccc(C(=O)Nc2ccc3nc(C)sc3c2)c1. The Hall–Kier alpha value is -2.24. The lowest BCUT2D eigenvalue weighted by Gasteiger charge is -2.07. The summed E-state index contributed by atoms with van der Waals surface area (Å²) in [5.41, 5.74) is 3.33. The summed E-state index contributed by atoms with van der Waals surface area (Å²) in [7, 11) is 1.64. The summed E-state index contributed by atoms with van der Waals surface area (Å²) in [4.78, 5) is 16.8. The van der Waals surface area contributed by atoms with E-state index < -0.39 is 0 Å². The molecule has 0 bridgehead atoms. The Bertz CT molecular complexity index is 826. The number of aryl methyl sites for hydroxylation is 1. The van der Waals surface area contributed by atoms with Gasteiger partial charge in [0.25, 0.3) is 5.91 Å². The van der Waals surface area contributed by atoms with Gasteiger partial charge >= 0.3 is 0 Å². The van der Waals surface area contributed by atoms with Crippen LogP contribution in [0.25, 0.3) is 10.2 Å². The quantitative estimate of drug-likeness (QED) is 0.792. The van der Waals surface area contributed by atoms with Gasteiger partial charge in [0.15, 0.2) is 0 Å². The van der Waals surface area contributed by atoms with Crippen LogP contribution in [0, 0.1) is 6.92 Å². The predicted octanol–water partition coefficient (Wildman–Crippen LogP) is 4.00. The van der Waals surface area contributed by atoms with E-state index in [1.54, 1.807) is 24.5 Å². The maximum absolute atomic E-state index is 12.3. The molecular weight excluding hydrogens is 296 g/mol. The molecule has 0 saturated carbocycles. The number of fused-ring (bicyclic) bond motifs is 1. The highest BCUT2D eigenvalue weighted by atomic mass is 32.1. The van der Waals surface area contributed by atoms with E-state index in [0.717, 1.165) is 26.5 Å². The first-order valence-corrected chi connectivity index (χ1v) is 7.74. The smallest absolute Gasteiger partial charge is 0.255 e. The minimum Gasteiger partial charge on any atom is -0.380 e. The van der Waals surface area contributed by atoms with Crippen molar-refractivity contribution in [2.45, 2.75) is 13.5 Å². The number of thiazole rings is 1. The van der Waals surface area contributed by atoms with Gasteiger partial charge in [0.05, 0.1) is 21.8 Å². The van der Waals surface area contributed by atoms with E-state index >= 15 is 0 Å². The molecule has 0 aliphatic carbocycles. The highest BCUT2D eigenvalue weighted by Crippen LogP contribution is 2.25. The van der Waals surface area contributed by atoms with Gasteiger partial charge in [-0.3, -0.25) is 4.79 Å². The largest absolute Gasteiger partial charge is 0.380 e. The Balaban J connectivity index is 1.81. The minimum atomic E-state index is -0.126. The number of amides is 1. The van der Waals surface area contributed by atoms with E-state index in [0.29, 0.717) is 12.2 Å². The molecule has 22 heavy (non-hydrogen) atoms. The molecule has 0 aliphatic heterocycles. The molecular formula is C17H16N2O2S. The number of aromatic nitrogens is 1. The first-order valence-electron chi connectivity index (χ1n) is 6.92. The Morgan fingerprint density at radius 1 is 1.27 bits per heavy atom. The van der Waals surface area contributed by atoms with Crippen LogP contribution in [0.1, 0.15) is 20.9 Å². The molecule has 0 radical (unpaired) electrons. The van der Waals surface area contributed by atoms with Crippen LogP contribution >= 0.6 is 11.3 Å². The topological polar surface area (TPSA) is 51.2 Å². The lowest BCUT2D eigenvalue weighted by Crippen LogP contribution is -2.12. The van der Waals surface area contributed by atoms with E-state index in [4.69, 9.17) is 4.74 Å². The number of carbonyl (C=O) groups excluding carboxylic acids is 1. The zero-order chi connectivity index (χ0) is 15.5. The van der Waals surface area contributed by atoms with Crippen LogP contribution in [0.2, 0.25) is 0 Å². The van der Waals surface area contributed by atoms with Crippen LogP contribution < -0.4 is 5.32 Å². The molecule has 1 aromatic heterocycles. The van der Waals surface area contributed by atoms with Crippen LogP contribution in [-0.4, -0.2) is 18.0 Å². The van der Waals surface area contributed by atoms with Crippen molar-refractivity contribution in [3.05, 3.63) is 58.6 Å². The van der Waals surface area contributed by atoms with Crippen LogP contribution in [0.4, 0.5) is 5.69 Å². The number of hydrogen-bond acceptors (Lipinski definition) is 4. The fourth-order valence-electron chi connectivity index (χ4n) is 2.29. The Kier molecular flexibility index (Phi) is 4.18. The molecule has 0 atom stereocenters.